The number of hydrogen-bond acceptors (Lipinski definition) is 4. The third-order valence-electron chi connectivity index (χ3n) is 5.76. The molecule has 0 amide bonds. The van der Waals surface area contributed by atoms with Gasteiger partial charge < -0.3 is 9.47 Å². The van der Waals surface area contributed by atoms with Crippen molar-refractivity contribution in [1.82, 2.24) is 0 Å². The second kappa shape index (κ2) is 10.0. The van der Waals surface area contributed by atoms with E-state index < -0.39 is 0 Å². The van der Waals surface area contributed by atoms with Gasteiger partial charge in [0.1, 0.15) is 0 Å². The second-order valence-electron chi connectivity index (χ2n) is 7.53. The van der Waals surface area contributed by atoms with E-state index in [0.717, 1.165) is 38.5 Å². The van der Waals surface area contributed by atoms with Crippen LogP contribution in [0.25, 0.3) is 0 Å². The molecule has 0 saturated heterocycles. The van der Waals surface area contributed by atoms with Crippen molar-refractivity contribution in [1.29, 1.82) is 0 Å². The van der Waals surface area contributed by atoms with Crippen LogP contribution >= 0.6 is 0 Å². The highest BCUT2D eigenvalue weighted by Gasteiger charge is 2.45. The van der Waals surface area contributed by atoms with Gasteiger partial charge in [0, 0.05) is 0 Å². The van der Waals surface area contributed by atoms with E-state index in [-0.39, 0.29) is 23.8 Å². The van der Waals surface area contributed by atoms with Gasteiger partial charge in [-0.25, -0.2) is 0 Å². The number of carbonyl (C=O) groups is 2. The lowest BCUT2D eigenvalue weighted by molar-refractivity contribution is -0.166. The summed E-state index contributed by atoms with van der Waals surface area (Å²) in [4.78, 5) is 25.1. The monoisotopic (exact) mass is 338 g/mol. The summed E-state index contributed by atoms with van der Waals surface area (Å²) in [6.07, 6.45) is 10.3. The Balaban J connectivity index is 2.00. The van der Waals surface area contributed by atoms with E-state index in [1.54, 1.807) is 0 Å². The van der Waals surface area contributed by atoms with Gasteiger partial charge in [0.15, 0.2) is 0 Å². The number of ether oxygens (including phenoxy) is 2. The smallest absolute Gasteiger partial charge is 0.309 e. The van der Waals surface area contributed by atoms with Gasteiger partial charge >= 0.3 is 11.9 Å². The van der Waals surface area contributed by atoms with Gasteiger partial charge in [-0.2, -0.15) is 0 Å². The topological polar surface area (TPSA) is 52.6 Å². The number of hydrogen-bond donors (Lipinski definition) is 0. The minimum atomic E-state index is -0.296. The molecule has 0 N–H and O–H groups in total. The third-order valence-corrected chi connectivity index (χ3v) is 5.76. The highest BCUT2D eigenvalue weighted by atomic mass is 16.5. The summed E-state index contributed by atoms with van der Waals surface area (Å²) in [6.45, 7) is 5.10. The lowest BCUT2D eigenvalue weighted by Gasteiger charge is -2.41. The Hall–Kier alpha value is -1.06. The molecule has 0 aliphatic heterocycles. The van der Waals surface area contributed by atoms with Crippen molar-refractivity contribution >= 4 is 11.9 Å². The maximum absolute atomic E-state index is 12.6. The zero-order chi connectivity index (χ0) is 17.4. The fraction of sp³-hybridized carbons (Fsp3) is 0.900. The lowest BCUT2D eigenvalue weighted by atomic mass is 9.63. The van der Waals surface area contributed by atoms with Crippen molar-refractivity contribution in [3.8, 4) is 0 Å². The predicted molar refractivity (Wildman–Crippen MR) is 93.4 cm³/mol. The first-order valence-electron chi connectivity index (χ1n) is 10.0. The minimum absolute atomic E-state index is 0.176. The summed E-state index contributed by atoms with van der Waals surface area (Å²) in [7, 11) is 0. The molecule has 24 heavy (non-hydrogen) atoms. The molecule has 4 nitrogen and oxygen atoms in total. The summed E-state index contributed by atoms with van der Waals surface area (Å²) in [5.41, 5.74) is 0. The molecule has 4 atom stereocenters. The van der Waals surface area contributed by atoms with E-state index in [1.165, 1.54) is 25.7 Å². The Labute approximate surface area is 146 Å². The molecule has 0 spiro atoms. The van der Waals surface area contributed by atoms with E-state index in [9.17, 15) is 9.59 Å². The van der Waals surface area contributed by atoms with Crippen LogP contribution in [0.1, 0.15) is 78.1 Å². The zero-order valence-electron chi connectivity index (χ0n) is 15.4. The van der Waals surface area contributed by atoms with Gasteiger partial charge in [-0.1, -0.05) is 52.4 Å². The molecule has 0 aromatic heterocycles. The van der Waals surface area contributed by atoms with Crippen molar-refractivity contribution in [2.24, 2.45) is 23.7 Å². The molecule has 138 valence electrons. The van der Waals surface area contributed by atoms with Crippen LogP contribution in [0.5, 0.6) is 0 Å². The average molecular weight is 338 g/mol. The molecular weight excluding hydrogens is 304 g/mol. The lowest BCUT2D eigenvalue weighted by Crippen LogP contribution is -2.42. The fourth-order valence-electron chi connectivity index (χ4n) is 4.26. The Morgan fingerprint density at radius 3 is 1.58 bits per heavy atom. The summed E-state index contributed by atoms with van der Waals surface area (Å²) < 4.78 is 10.9. The van der Waals surface area contributed by atoms with E-state index in [4.69, 9.17) is 9.47 Å². The first-order valence-corrected chi connectivity index (χ1v) is 10.0. The fourth-order valence-corrected chi connectivity index (χ4v) is 4.26. The molecule has 4 unspecified atom stereocenters. The number of fused-ring (bicyclic) bond motifs is 1. The van der Waals surface area contributed by atoms with E-state index in [1.807, 2.05) is 0 Å². The molecule has 0 aromatic carbocycles. The van der Waals surface area contributed by atoms with Crippen molar-refractivity contribution in [3.05, 3.63) is 0 Å². The molecule has 4 heteroatoms. The van der Waals surface area contributed by atoms with Crippen LogP contribution in [-0.2, 0) is 19.1 Å². The molecule has 0 aromatic rings. The number of carbonyl (C=O) groups excluding carboxylic acids is 2. The first-order chi connectivity index (χ1) is 11.7. The van der Waals surface area contributed by atoms with Crippen LogP contribution < -0.4 is 0 Å². The SMILES string of the molecule is CCCCOC(=O)C1CC2CCCCC2CC1C(=O)OCCCC. The van der Waals surface area contributed by atoms with Crippen molar-refractivity contribution in [2.75, 3.05) is 13.2 Å². The van der Waals surface area contributed by atoms with Gasteiger partial charge in [0.05, 0.1) is 25.0 Å². The molecule has 2 aliphatic carbocycles. The predicted octanol–water partition coefficient (Wildman–Crippen LogP) is 4.51. The molecule has 2 fully saturated rings. The number of rotatable bonds is 8. The van der Waals surface area contributed by atoms with E-state index in [0.29, 0.717) is 25.0 Å². The van der Waals surface area contributed by atoms with Gasteiger partial charge in [-0.05, 0) is 37.5 Å². The van der Waals surface area contributed by atoms with E-state index in [2.05, 4.69) is 13.8 Å². The van der Waals surface area contributed by atoms with Crippen LogP contribution in [0.3, 0.4) is 0 Å². The average Bonchev–Trinajstić information content (AvgIpc) is 2.60. The zero-order valence-corrected chi connectivity index (χ0v) is 15.4. The maximum Gasteiger partial charge on any atom is 0.309 e. The minimum Gasteiger partial charge on any atom is -0.465 e. The van der Waals surface area contributed by atoms with Gasteiger partial charge in [0.2, 0.25) is 0 Å². The molecule has 2 rings (SSSR count). The van der Waals surface area contributed by atoms with Crippen LogP contribution in [0.15, 0.2) is 0 Å². The molecule has 0 bridgehead atoms. The van der Waals surface area contributed by atoms with Crippen molar-refractivity contribution in [2.45, 2.75) is 78.1 Å². The third kappa shape index (κ3) is 5.22. The van der Waals surface area contributed by atoms with Gasteiger partial charge in [-0.15, -0.1) is 0 Å². The second-order valence-corrected chi connectivity index (χ2v) is 7.53. The van der Waals surface area contributed by atoms with Gasteiger partial charge in [0.25, 0.3) is 0 Å². The molecular formula is C20H34O4. The standard InChI is InChI=1S/C20H34O4/c1-3-5-11-23-19(21)17-13-15-9-7-8-10-16(15)14-18(17)20(22)24-12-6-4-2/h15-18H,3-14H2,1-2H3. The first kappa shape index (κ1) is 19.3. The van der Waals surface area contributed by atoms with Crippen molar-refractivity contribution in [3.63, 3.8) is 0 Å². The normalized spacial score (nSPS) is 29.6. The molecule has 0 heterocycles. The number of unbranched alkanes of at least 4 members (excludes halogenated alkanes) is 2. The Morgan fingerprint density at radius 1 is 0.792 bits per heavy atom. The quantitative estimate of drug-likeness (QED) is 0.483. The molecule has 2 saturated carbocycles. The van der Waals surface area contributed by atoms with Crippen LogP contribution in [0.4, 0.5) is 0 Å². The molecule has 0 radical (unpaired) electrons. The van der Waals surface area contributed by atoms with Crippen LogP contribution in [-0.4, -0.2) is 25.2 Å². The van der Waals surface area contributed by atoms with Crippen molar-refractivity contribution < 1.29 is 19.1 Å². The number of esters is 2. The summed E-state index contributed by atoms with van der Waals surface area (Å²) in [5, 5.41) is 0. The molecule has 2 aliphatic rings. The summed E-state index contributed by atoms with van der Waals surface area (Å²) in [5.74, 6) is 0.227. The largest absolute Gasteiger partial charge is 0.465 e. The van der Waals surface area contributed by atoms with Gasteiger partial charge in [-0.3, -0.25) is 9.59 Å². The summed E-state index contributed by atoms with van der Waals surface area (Å²) >= 11 is 0. The Bertz CT molecular complexity index is 368. The Morgan fingerprint density at radius 2 is 1.21 bits per heavy atom. The van der Waals surface area contributed by atoms with Crippen LogP contribution in [0, 0.1) is 23.7 Å². The highest BCUT2D eigenvalue weighted by Crippen LogP contribution is 2.46. The Kier molecular flexibility index (Phi) is 8.07. The highest BCUT2D eigenvalue weighted by molar-refractivity contribution is 5.82. The van der Waals surface area contributed by atoms with Crippen LogP contribution in [0.2, 0.25) is 0 Å². The maximum atomic E-state index is 12.6. The van der Waals surface area contributed by atoms with E-state index >= 15 is 0 Å². The summed E-state index contributed by atoms with van der Waals surface area (Å²) in [6, 6.07) is 0.